The number of alkyl halides is 3. The van der Waals surface area contributed by atoms with Crippen LogP contribution in [-0.4, -0.2) is 20.1 Å². The molecule has 0 atom stereocenters. The van der Waals surface area contributed by atoms with Gasteiger partial charge in [0.2, 0.25) is 5.88 Å². The van der Waals surface area contributed by atoms with Gasteiger partial charge in [0.05, 0.1) is 12.3 Å². The molecule has 0 amide bonds. The van der Waals surface area contributed by atoms with E-state index in [1.54, 1.807) is 11.4 Å². The molecule has 3 rings (SSSR count). The van der Waals surface area contributed by atoms with Crippen LogP contribution in [0.3, 0.4) is 0 Å². The van der Waals surface area contributed by atoms with E-state index in [0.717, 1.165) is 16.7 Å². The van der Waals surface area contributed by atoms with Crippen LogP contribution in [0.4, 0.5) is 18.9 Å². The molecule has 3 aromatic heterocycles. The maximum atomic E-state index is 12.6. The van der Waals surface area contributed by atoms with Crippen molar-refractivity contribution in [3.63, 3.8) is 0 Å². The quantitative estimate of drug-likeness (QED) is 0.683. The second-order valence-electron chi connectivity index (χ2n) is 4.25. The Bertz CT molecular complexity index is 911. The van der Waals surface area contributed by atoms with Crippen molar-refractivity contribution in [2.24, 2.45) is 0 Å². The third kappa shape index (κ3) is 3.15. The Hall–Kier alpha value is -2.51. The molecule has 0 fully saturated rings. The van der Waals surface area contributed by atoms with Crippen LogP contribution in [0, 0.1) is 6.57 Å². The highest BCUT2D eigenvalue weighted by atomic mass is 32.1. The van der Waals surface area contributed by atoms with Gasteiger partial charge in [-0.15, -0.1) is 11.3 Å². The minimum absolute atomic E-state index is 0.0450. The molecule has 0 radical (unpaired) electrons. The van der Waals surface area contributed by atoms with Crippen molar-refractivity contribution in [3.05, 3.63) is 40.0 Å². The standard InChI is InChI=1S/C13H5F3N4OS2/c1-17-6-2-8(22-4-6)7-3-10(21)20-11(18-7)12-19-9(5-23-12)13(14,15)16/h2-5H,(H,18,20,21). The van der Waals surface area contributed by atoms with Crippen LogP contribution >= 0.6 is 22.7 Å². The summed E-state index contributed by atoms with van der Waals surface area (Å²) < 4.78 is 37.8. The predicted octanol–water partition coefficient (Wildman–Crippen LogP) is 4.60. The van der Waals surface area contributed by atoms with Gasteiger partial charge in [0.1, 0.15) is 0 Å². The minimum Gasteiger partial charge on any atom is -0.493 e. The summed E-state index contributed by atoms with van der Waals surface area (Å²) in [6.45, 7) is 6.93. The summed E-state index contributed by atoms with van der Waals surface area (Å²) in [4.78, 5) is 15.2. The van der Waals surface area contributed by atoms with Gasteiger partial charge in [-0.2, -0.15) is 29.5 Å². The number of thiazole rings is 1. The number of hydrogen-bond acceptors (Lipinski definition) is 6. The highest BCUT2D eigenvalue weighted by Gasteiger charge is 2.34. The van der Waals surface area contributed by atoms with E-state index in [4.69, 9.17) is 6.57 Å². The lowest BCUT2D eigenvalue weighted by atomic mass is 10.3. The lowest BCUT2D eigenvalue weighted by Crippen LogP contribution is -2.05. The van der Waals surface area contributed by atoms with Crippen molar-refractivity contribution in [2.45, 2.75) is 6.18 Å². The van der Waals surface area contributed by atoms with Gasteiger partial charge in [-0.3, -0.25) is 0 Å². The topological polar surface area (TPSA) is 63.3 Å². The highest BCUT2D eigenvalue weighted by Crippen LogP contribution is 2.35. The van der Waals surface area contributed by atoms with E-state index >= 15 is 0 Å². The first-order valence-electron chi connectivity index (χ1n) is 5.94. The summed E-state index contributed by atoms with van der Waals surface area (Å²) in [5.74, 6) is -0.482. The number of hydrogen-bond donors (Lipinski definition) is 1. The van der Waals surface area contributed by atoms with E-state index in [2.05, 4.69) is 19.8 Å². The molecule has 0 aliphatic rings. The zero-order valence-electron chi connectivity index (χ0n) is 11.0. The average molecular weight is 354 g/mol. The molecule has 0 aromatic carbocycles. The fourth-order valence-electron chi connectivity index (χ4n) is 1.68. The molecule has 0 saturated carbocycles. The molecule has 0 bridgehead atoms. The first-order valence-corrected chi connectivity index (χ1v) is 7.70. The Balaban J connectivity index is 2.04. The van der Waals surface area contributed by atoms with Crippen molar-refractivity contribution in [3.8, 4) is 27.3 Å². The van der Waals surface area contributed by atoms with Crippen LogP contribution in [-0.2, 0) is 6.18 Å². The van der Waals surface area contributed by atoms with Crippen LogP contribution in [0.15, 0.2) is 22.9 Å². The third-order valence-electron chi connectivity index (χ3n) is 2.67. The van der Waals surface area contributed by atoms with Gasteiger partial charge < -0.3 is 5.11 Å². The maximum Gasteiger partial charge on any atom is 0.434 e. The van der Waals surface area contributed by atoms with E-state index in [1.165, 1.54) is 17.4 Å². The van der Waals surface area contributed by atoms with Gasteiger partial charge in [-0.05, 0) is 11.4 Å². The van der Waals surface area contributed by atoms with Crippen LogP contribution < -0.4 is 0 Å². The Labute approximate surface area is 135 Å². The molecular weight excluding hydrogens is 349 g/mol. The van der Waals surface area contributed by atoms with Crippen LogP contribution in [0.2, 0.25) is 0 Å². The largest absolute Gasteiger partial charge is 0.493 e. The van der Waals surface area contributed by atoms with E-state index in [-0.39, 0.29) is 16.7 Å². The zero-order chi connectivity index (χ0) is 16.6. The summed E-state index contributed by atoms with van der Waals surface area (Å²) in [5, 5.41) is 12.1. The Morgan fingerprint density at radius 2 is 1.87 bits per heavy atom. The molecule has 5 nitrogen and oxygen atoms in total. The van der Waals surface area contributed by atoms with Crippen molar-refractivity contribution in [1.29, 1.82) is 0 Å². The van der Waals surface area contributed by atoms with Crippen molar-refractivity contribution in [2.75, 3.05) is 0 Å². The molecule has 0 spiro atoms. The molecule has 0 saturated heterocycles. The number of halogens is 3. The molecule has 23 heavy (non-hydrogen) atoms. The van der Waals surface area contributed by atoms with E-state index in [1.807, 2.05) is 0 Å². The Kier molecular flexibility index (Phi) is 3.75. The summed E-state index contributed by atoms with van der Waals surface area (Å²) in [6.07, 6.45) is -4.55. The fraction of sp³-hybridized carbons (Fsp3) is 0.0769. The van der Waals surface area contributed by atoms with Crippen LogP contribution in [0.25, 0.3) is 26.2 Å². The first-order chi connectivity index (χ1) is 10.9. The molecule has 1 N–H and O–H groups in total. The minimum atomic E-state index is -4.55. The zero-order valence-corrected chi connectivity index (χ0v) is 12.6. The van der Waals surface area contributed by atoms with Gasteiger partial charge in [0.15, 0.2) is 22.2 Å². The van der Waals surface area contributed by atoms with Crippen molar-refractivity contribution in [1.82, 2.24) is 15.0 Å². The van der Waals surface area contributed by atoms with Gasteiger partial charge in [0.25, 0.3) is 0 Å². The van der Waals surface area contributed by atoms with Gasteiger partial charge in [0, 0.05) is 16.3 Å². The van der Waals surface area contributed by atoms with Crippen molar-refractivity contribution < 1.29 is 18.3 Å². The summed E-state index contributed by atoms with van der Waals surface area (Å²) in [6, 6.07) is 2.85. The van der Waals surface area contributed by atoms with Crippen LogP contribution in [0.5, 0.6) is 5.88 Å². The van der Waals surface area contributed by atoms with Gasteiger partial charge >= 0.3 is 6.18 Å². The summed E-state index contributed by atoms with van der Waals surface area (Å²) >= 11 is 1.98. The lowest BCUT2D eigenvalue weighted by molar-refractivity contribution is -0.140. The number of rotatable bonds is 2. The maximum absolute atomic E-state index is 12.6. The first kappa shape index (κ1) is 15.4. The van der Waals surface area contributed by atoms with E-state index in [0.29, 0.717) is 16.3 Å². The molecule has 0 aliphatic carbocycles. The molecule has 3 heterocycles. The predicted molar refractivity (Wildman–Crippen MR) is 79.4 cm³/mol. The second-order valence-corrected chi connectivity index (χ2v) is 6.02. The van der Waals surface area contributed by atoms with Gasteiger partial charge in [-0.25, -0.2) is 14.8 Å². The monoisotopic (exact) mass is 354 g/mol. The normalized spacial score (nSPS) is 11.4. The molecule has 10 heteroatoms. The van der Waals surface area contributed by atoms with E-state index < -0.39 is 11.9 Å². The molecule has 0 unspecified atom stereocenters. The number of thiophene rings is 1. The number of aromatic nitrogens is 3. The molecule has 3 aromatic rings. The number of nitrogens with zero attached hydrogens (tertiary/aromatic N) is 4. The SMILES string of the molecule is [C-]#[N+]c1csc(-c2cc(O)nc(-c3nc(C(F)(F)F)cs3)n2)c1. The third-order valence-corrected chi connectivity index (χ3v) is 4.44. The van der Waals surface area contributed by atoms with E-state index in [9.17, 15) is 18.3 Å². The average Bonchev–Trinajstić information content (AvgIpc) is 3.15. The smallest absolute Gasteiger partial charge is 0.434 e. The van der Waals surface area contributed by atoms with Crippen molar-refractivity contribution >= 4 is 28.4 Å². The second kappa shape index (κ2) is 5.60. The van der Waals surface area contributed by atoms with Gasteiger partial charge in [-0.1, -0.05) is 0 Å². The molecule has 116 valence electrons. The fourth-order valence-corrected chi connectivity index (χ4v) is 3.22. The number of aromatic hydroxyl groups is 1. The Morgan fingerprint density at radius 3 is 2.48 bits per heavy atom. The Morgan fingerprint density at radius 1 is 1.09 bits per heavy atom. The summed E-state index contributed by atoms with van der Waals surface area (Å²) in [5.41, 5.74) is -0.299. The molecule has 0 aliphatic heterocycles. The molecular formula is C13H5F3N4OS2. The van der Waals surface area contributed by atoms with Crippen LogP contribution in [0.1, 0.15) is 5.69 Å². The highest BCUT2D eigenvalue weighted by molar-refractivity contribution is 7.14. The summed E-state index contributed by atoms with van der Waals surface area (Å²) in [7, 11) is 0. The lowest BCUT2D eigenvalue weighted by Gasteiger charge is -2.02.